The van der Waals surface area contributed by atoms with Crippen LogP contribution in [0.15, 0.2) is 102 Å². The lowest BCUT2D eigenvalue weighted by Gasteiger charge is -2.38. The van der Waals surface area contributed by atoms with E-state index in [1.807, 2.05) is 80.6 Å². The first-order chi connectivity index (χ1) is 20.2. The molecule has 2 N–H and O–H groups in total. The number of anilines is 3. The zero-order valence-corrected chi connectivity index (χ0v) is 24.9. The number of piperazine rings is 1. The Morgan fingerprint density at radius 2 is 1.48 bits per heavy atom. The number of nitrogens with zero attached hydrogens (tertiary/aromatic N) is 2. The molecule has 5 rings (SSSR count). The second-order valence-corrected chi connectivity index (χ2v) is 12.1. The van der Waals surface area contributed by atoms with Crippen molar-refractivity contribution in [2.75, 3.05) is 48.4 Å². The highest BCUT2D eigenvalue weighted by Crippen LogP contribution is 2.32. The number of carbonyl (C=O) groups is 1. The van der Waals surface area contributed by atoms with Crippen molar-refractivity contribution in [2.24, 2.45) is 0 Å². The fraction of sp³-hybridized carbons (Fsp3) is 0.242. The number of methoxy groups -OCH3 is 1. The minimum atomic E-state index is -3.96. The summed E-state index contributed by atoms with van der Waals surface area (Å²) in [6.07, 6.45) is 0. The second kappa shape index (κ2) is 12.7. The van der Waals surface area contributed by atoms with Gasteiger partial charge in [-0.1, -0.05) is 48.5 Å². The molecule has 1 heterocycles. The summed E-state index contributed by atoms with van der Waals surface area (Å²) in [7, 11) is -2.32. The number of hydrogen-bond acceptors (Lipinski definition) is 6. The molecule has 1 atom stereocenters. The Morgan fingerprint density at radius 3 is 2.14 bits per heavy atom. The number of carbonyl (C=O) groups excluding carboxylic acids is 1. The first kappa shape index (κ1) is 29.2. The number of nitrogens with one attached hydrogen (secondary N) is 2. The SMILES string of the molecule is COc1ccc(N2CCN(c3ccc(NC(=O)c4ccccc4C)cc3S(=O)(=O)NC(C)c3ccccc3)CC2)cc1. The van der Waals surface area contributed by atoms with Crippen molar-refractivity contribution in [3.05, 3.63) is 114 Å². The first-order valence-electron chi connectivity index (χ1n) is 14.0. The molecule has 218 valence electrons. The Hall–Kier alpha value is -4.34. The summed E-state index contributed by atoms with van der Waals surface area (Å²) in [5.41, 5.74) is 4.35. The summed E-state index contributed by atoms with van der Waals surface area (Å²) in [5.74, 6) is 0.516. The van der Waals surface area contributed by atoms with Gasteiger partial charge in [-0.05, 0) is 73.5 Å². The molecule has 4 aromatic carbocycles. The van der Waals surface area contributed by atoms with Gasteiger partial charge in [0.1, 0.15) is 10.6 Å². The van der Waals surface area contributed by atoms with Crippen LogP contribution in [0.3, 0.4) is 0 Å². The summed E-state index contributed by atoms with van der Waals surface area (Å²) in [6, 6.07) is 29.4. The average molecular weight is 585 g/mol. The fourth-order valence-electron chi connectivity index (χ4n) is 5.20. The van der Waals surface area contributed by atoms with Gasteiger partial charge in [-0.25, -0.2) is 13.1 Å². The van der Waals surface area contributed by atoms with Gasteiger partial charge in [-0.15, -0.1) is 0 Å². The van der Waals surface area contributed by atoms with E-state index >= 15 is 0 Å². The lowest BCUT2D eigenvalue weighted by Crippen LogP contribution is -2.47. The molecule has 0 bridgehead atoms. The van der Waals surface area contributed by atoms with Crippen LogP contribution in [0, 0.1) is 6.92 Å². The van der Waals surface area contributed by atoms with Crippen LogP contribution in [-0.4, -0.2) is 47.6 Å². The molecule has 0 saturated carbocycles. The molecule has 1 unspecified atom stereocenters. The Morgan fingerprint density at radius 1 is 0.833 bits per heavy atom. The molecular formula is C33H36N4O4S. The molecule has 1 aliphatic rings. The van der Waals surface area contributed by atoms with Gasteiger partial charge in [0.15, 0.2) is 0 Å². The predicted octanol–water partition coefficient (Wildman–Crippen LogP) is 5.62. The molecule has 0 spiro atoms. The molecular weight excluding hydrogens is 548 g/mol. The minimum Gasteiger partial charge on any atom is -0.497 e. The molecule has 9 heteroatoms. The topological polar surface area (TPSA) is 91.0 Å². The third-order valence-corrected chi connectivity index (χ3v) is 9.16. The lowest BCUT2D eigenvalue weighted by molar-refractivity contribution is 0.102. The van der Waals surface area contributed by atoms with Crippen LogP contribution >= 0.6 is 0 Å². The molecule has 0 radical (unpaired) electrons. The number of hydrogen-bond donors (Lipinski definition) is 2. The maximum absolute atomic E-state index is 13.9. The van der Waals surface area contributed by atoms with E-state index in [4.69, 9.17) is 4.74 Å². The Kier molecular flexibility index (Phi) is 8.80. The van der Waals surface area contributed by atoms with Gasteiger partial charge in [-0.2, -0.15) is 0 Å². The van der Waals surface area contributed by atoms with E-state index in [0.717, 1.165) is 35.7 Å². The molecule has 1 amide bonds. The maximum Gasteiger partial charge on any atom is 0.255 e. The Labute approximate surface area is 248 Å². The van der Waals surface area contributed by atoms with Gasteiger partial charge in [0.2, 0.25) is 10.0 Å². The van der Waals surface area contributed by atoms with E-state index in [1.165, 1.54) is 0 Å². The van der Waals surface area contributed by atoms with Crippen LogP contribution < -0.4 is 24.6 Å². The van der Waals surface area contributed by atoms with Crippen LogP contribution in [0.4, 0.5) is 17.1 Å². The van der Waals surface area contributed by atoms with Gasteiger partial charge < -0.3 is 19.9 Å². The monoisotopic (exact) mass is 584 g/mol. The zero-order valence-electron chi connectivity index (χ0n) is 24.1. The molecule has 42 heavy (non-hydrogen) atoms. The highest BCUT2D eigenvalue weighted by atomic mass is 32.2. The Balaban J connectivity index is 1.42. The summed E-state index contributed by atoms with van der Waals surface area (Å²) in [6.45, 7) is 6.42. The van der Waals surface area contributed by atoms with Crippen molar-refractivity contribution < 1.29 is 17.9 Å². The average Bonchev–Trinajstić information content (AvgIpc) is 3.01. The Bertz CT molecular complexity index is 1630. The second-order valence-electron chi connectivity index (χ2n) is 10.4. The molecule has 0 aliphatic carbocycles. The lowest BCUT2D eigenvalue weighted by atomic mass is 10.1. The van der Waals surface area contributed by atoms with Crippen molar-refractivity contribution in [2.45, 2.75) is 24.8 Å². The third-order valence-electron chi connectivity index (χ3n) is 7.59. The van der Waals surface area contributed by atoms with Crippen LogP contribution in [-0.2, 0) is 10.0 Å². The number of rotatable bonds is 9. The third kappa shape index (κ3) is 6.58. The minimum absolute atomic E-state index is 0.130. The number of amides is 1. The number of aryl methyl sites for hydroxylation is 1. The maximum atomic E-state index is 13.9. The van der Waals surface area contributed by atoms with E-state index in [-0.39, 0.29) is 10.8 Å². The number of benzene rings is 4. The van der Waals surface area contributed by atoms with E-state index in [9.17, 15) is 13.2 Å². The van der Waals surface area contributed by atoms with E-state index < -0.39 is 16.1 Å². The van der Waals surface area contributed by atoms with Crippen molar-refractivity contribution in [3.63, 3.8) is 0 Å². The quantitative estimate of drug-likeness (QED) is 0.265. The summed E-state index contributed by atoms with van der Waals surface area (Å²) >= 11 is 0. The summed E-state index contributed by atoms with van der Waals surface area (Å²) < 4.78 is 36.0. The smallest absolute Gasteiger partial charge is 0.255 e. The fourth-order valence-corrected chi connectivity index (χ4v) is 6.68. The van der Waals surface area contributed by atoms with Crippen LogP contribution in [0.25, 0.3) is 0 Å². The zero-order chi connectivity index (χ0) is 29.7. The van der Waals surface area contributed by atoms with Crippen molar-refractivity contribution in [3.8, 4) is 5.75 Å². The molecule has 1 saturated heterocycles. The van der Waals surface area contributed by atoms with Crippen LogP contribution in [0.5, 0.6) is 5.75 Å². The van der Waals surface area contributed by atoms with Crippen LogP contribution in [0.1, 0.15) is 34.5 Å². The van der Waals surface area contributed by atoms with Gasteiger partial charge in [0.25, 0.3) is 5.91 Å². The predicted molar refractivity (Wildman–Crippen MR) is 168 cm³/mol. The first-order valence-corrected chi connectivity index (χ1v) is 15.5. The molecule has 4 aromatic rings. The molecule has 1 aliphatic heterocycles. The normalized spacial score (nSPS) is 14.4. The van der Waals surface area contributed by atoms with E-state index in [1.54, 1.807) is 37.4 Å². The van der Waals surface area contributed by atoms with Gasteiger partial charge in [0.05, 0.1) is 12.8 Å². The van der Waals surface area contributed by atoms with E-state index in [0.29, 0.717) is 30.0 Å². The van der Waals surface area contributed by atoms with E-state index in [2.05, 4.69) is 19.8 Å². The number of sulfonamides is 1. The summed E-state index contributed by atoms with van der Waals surface area (Å²) in [5, 5.41) is 2.90. The molecule has 8 nitrogen and oxygen atoms in total. The van der Waals surface area contributed by atoms with Gasteiger partial charge in [0, 0.05) is 49.2 Å². The highest BCUT2D eigenvalue weighted by Gasteiger charge is 2.27. The van der Waals surface area contributed by atoms with Crippen molar-refractivity contribution in [1.29, 1.82) is 0 Å². The standard InChI is InChI=1S/C33H36N4O4S/c1-24-9-7-8-12-30(24)33(38)34-27-13-18-31(32(23-27)42(39,40)35-25(2)26-10-5-4-6-11-26)37-21-19-36(20-22-37)28-14-16-29(41-3)17-15-28/h4-18,23,25,35H,19-22H2,1-3H3,(H,34,38). The largest absolute Gasteiger partial charge is 0.497 e. The van der Waals surface area contributed by atoms with Crippen LogP contribution in [0.2, 0.25) is 0 Å². The van der Waals surface area contributed by atoms with Gasteiger partial charge in [-0.3, -0.25) is 4.79 Å². The molecule has 1 fully saturated rings. The van der Waals surface area contributed by atoms with Crippen molar-refractivity contribution >= 4 is 33.0 Å². The highest BCUT2D eigenvalue weighted by molar-refractivity contribution is 7.89. The molecule has 0 aromatic heterocycles. The summed E-state index contributed by atoms with van der Waals surface area (Å²) in [4.78, 5) is 17.6. The van der Waals surface area contributed by atoms with Gasteiger partial charge >= 0.3 is 0 Å². The van der Waals surface area contributed by atoms with Crippen molar-refractivity contribution in [1.82, 2.24) is 4.72 Å². The number of ether oxygens (including phenoxy) is 1.